The number of piperidine rings is 1. The van der Waals surface area contributed by atoms with E-state index in [1.807, 2.05) is 4.90 Å². The van der Waals surface area contributed by atoms with E-state index in [-0.39, 0.29) is 23.6 Å². The summed E-state index contributed by atoms with van der Waals surface area (Å²) < 4.78 is 0. The maximum atomic E-state index is 12.0. The molecule has 7 heteroatoms. The fraction of sp³-hybridized carbons (Fsp3) is 0.571. The van der Waals surface area contributed by atoms with Crippen LogP contribution in [0.3, 0.4) is 0 Å². The molecule has 1 aromatic rings. The largest absolute Gasteiger partial charge is 0.361 e. The van der Waals surface area contributed by atoms with Crippen LogP contribution in [0.5, 0.6) is 0 Å². The second-order valence-corrected chi connectivity index (χ2v) is 5.65. The number of hydrogen-bond acceptors (Lipinski definition) is 5. The van der Waals surface area contributed by atoms with Crippen molar-refractivity contribution in [3.8, 4) is 0 Å². The zero-order chi connectivity index (χ0) is 14.8. The van der Waals surface area contributed by atoms with Crippen LogP contribution in [0.25, 0.3) is 0 Å². The maximum absolute atomic E-state index is 12.0. The first-order valence-corrected chi connectivity index (χ1v) is 7.30. The molecule has 0 spiro atoms. The third kappa shape index (κ3) is 3.12. The lowest BCUT2D eigenvalue weighted by molar-refractivity contribution is -0.384. The number of aromatic nitrogens is 1. The zero-order valence-corrected chi connectivity index (χ0v) is 11.7. The van der Waals surface area contributed by atoms with Crippen molar-refractivity contribution in [2.45, 2.75) is 31.7 Å². The zero-order valence-electron chi connectivity index (χ0n) is 11.7. The van der Waals surface area contributed by atoms with Gasteiger partial charge >= 0.3 is 5.69 Å². The Morgan fingerprint density at radius 1 is 1.33 bits per heavy atom. The van der Waals surface area contributed by atoms with Crippen LogP contribution in [-0.2, 0) is 4.79 Å². The number of anilines is 1. The Hall–Kier alpha value is -2.18. The summed E-state index contributed by atoms with van der Waals surface area (Å²) in [6.07, 6.45) is 5.19. The molecule has 0 atom stereocenters. The first-order chi connectivity index (χ1) is 10.1. The highest BCUT2D eigenvalue weighted by molar-refractivity contribution is 5.81. The quantitative estimate of drug-likeness (QED) is 0.674. The molecule has 2 aliphatic rings. The van der Waals surface area contributed by atoms with Crippen molar-refractivity contribution in [3.63, 3.8) is 0 Å². The van der Waals surface area contributed by atoms with Crippen LogP contribution in [-0.4, -0.2) is 39.8 Å². The molecule has 112 valence electrons. The van der Waals surface area contributed by atoms with Gasteiger partial charge in [-0.05, 0) is 31.7 Å². The lowest BCUT2D eigenvalue weighted by Gasteiger charge is -2.32. The van der Waals surface area contributed by atoms with Gasteiger partial charge in [-0.15, -0.1) is 0 Å². The number of likely N-dealkylation sites (tertiary alicyclic amines) is 1. The number of carbonyl (C=O) groups excluding carboxylic acids is 1. The molecule has 0 bridgehead atoms. The number of nitro groups is 1. The van der Waals surface area contributed by atoms with Gasteiger partial charge < -0.3 is 10.2 Å². The third-order valence-corrected chi connectivity index (χ3v) is 4.06. The maximum Gasteiger partial charge on any atom is 0.311 e. The molecule has 0 aromatic carbocycles. The topological polar surface area (TPSA) is 88.4 Å². The van der Waals surface area contributed by atoms with Crippen LogP contribution in [0.4, 0.5) is 11.5 Å². The molecule has 1 amide bonds. The Balaban J connectivity index is 1.58. The number of rotatable bonds is 4. The van der Waals surface area contributed by atoms with E-state index in [0.717, 1.165) is 25.7 Å². The van der Waals surface area contributed by atoms with Crippen molar-refractivity contribution >= 4 is 17.4 Å². The smallest absolute Gasteiger partial charge is 0.311 e. The third-order valence-electron chi connectivity index (χ3n) is 4.06. The summed E-state index contributed by atoms with van der Waals surface area (Å²) in [5.74, 6) is 0.845. The van der Waals surface area contributed by atoms with Gasteiger partial charge in [0, 0.05) is 37.3 Å². The average molecular weight is 290 g/mol. The van der Waals surface area contributed by atoms with Crippen LogP contribution in [0.1, 0.15) is 25.7 Å². The summed E-state index contributed by atoms with van der Waals surface area (Å²) in [7, 11) is 0. The van der Waals surface area contributed by atoms with Gasteiger partial charge in [0.15, 0.2) is 0 Å². The molecule has 0 radical (unpaired) electrons. The molecular weight excluding hydrogens is 272 g/mol. The Bertz CT molecular complexity index is 551. The molecule has 1 saturated heterocycles. The van der Waals surface area contributed by atoms with Crippen LogP contribution >= 0.6 is 0 Å². The van der Waals surface area contributed by atoms with Crippen LogP contribution in [0, 0.1) is 16.0 Å². The van der Waals surface area contributed by atoms with E-state index >= 15 is 0 Å². The molecule has 2 fully saturated rings. The fourth-order valence-corrected chi connectivity index (χ4v) is 2.68. The molecule has 1 aromatic heterocycles. The van der Waals surface area contributed by atoms with E-state index in [0.29, 0.717) is 18.9 Å². The van der Waals surface area contributed by atoms with Gasteiger partial charge in [0.25, 0.3) is 0 Å². The molecule has 7 nitrogen and oxygen atoms in total. The first-order valence-electron chi connectivity index (χ1n) is 7.30. The predicted octanol–water partition coefficient (Wildman–Crippen LogP) is 1.80. The van der Waals surface area contributed by atoms with Crippen LogP contribution in [0.2, 0.25) is 0 Å². The molecule has 2 heterocycles. The highest BCUT2D eigenvalue weighted by Crippen LogP contribution is 2.32. The van der Waals surface area contributed by atoms with Crippen molar-refractivity contribution in [2.24, 2.45) is 5.92 Å². The monoisotopic (exact) mass is 290 g/mol. The number of nitrogens with one attached hydrogen (secondary N) is 1. The Morgan fingerprint density at radius 2 is 2.05 bits per heavy atom. The van der Waals surface area contributed by atoms with Crippen molar-refractivity contribution in [1.82, 2.24) is 9.88 Å². The summed E-state index contributed by atoms with van der Waals surface area (Å²) in [5, 5.41) is 14.1. The molecule has 1 N–H and O–H groups in total. The summed E-state index contributed by atoms with van der Waals surface area (Å²) in [4.78, 5) is 28.5. The Labute approximate surface area is 122 Å². The fourth-order valence-electron chi connectivity index (χ4n) is 2.68. The Morgan fingerprint density at radius 3 is 2.67 bits per heavy atom. The molecule has 1 aliphatic heterocycles. The van der Waals surface area contributed by atoms with E-state index in [9.17, 15) is 14.9 Å². The van der Waals surface area contributed by atoms with Crippen LogP contribution in [0.15, 0.2) is 18.3 Å². The highest BCUT2D eigenvalue weighted by Gasteiger charge is 2.35. The molecule has 1 saturated carbocycles. The van der Waals surface area contributed by atoms with Gasteiger partial charge in [0.05, 0.1) is 4.92 Å². The second-order valence-electron chi connectivity index (χ2n) is 5.65. The molecule has 21 heavy (non-hydrogen) atoms. The summed E-state index contributed by atoms with van der Waals surface area (Å²) >= 11 is 0. The first kappa shape index (κ1) is 13.8. The minimum absolute atomic E-state index is 0.00557. The minimum Gasteiger partial charge on any atom is -0.361 e. The minimum atomic E-state index is -0.429. The molecule has 0 unspecified atom stereocenters. The Kier molecular flexibility index (Phi) is 3.72. The second kappa shape index (κ2) is 5.67. The van der Waals surface area contributed by atoms with Crippen molar-refractivity contribution in [2.75, 3.05) is 18.4 Å². The number of amides is 1. The van der Waals surface area contributed by atoms with Gasteiger partial charge in [-0.3, -0.25) is 14.9 Å². The van der Waals surface area contributed by atoms with Gasteiger partial charge in [0.1, 0.15) is 0 Å². The normalized spacial score (nSPS) is 19.3. The summed E-state index contributed by atoms with van der Waals surface area (Å²) in [6.45, 7) is 1.43. The SMILES string of the molecule is O=C(C1CC1)N1CCC(Nc2ncccc2[N+](=O)[O-])CC1. The van der Waals surface area contributed by atoms with Crippen molar-refractivity contribution in [3.05, 3.63) is 28.4 Å². The highest BCUT2D eigenvalue weighted by atomic mass is 16.6. The van der Waals surface area contributed by atoms with E-state index in [1.54, 1.807) is 12.3 Å². The van der Waals surface area contributed by atoms with Gasteiger partial charge in [-0.25, -0.2) is 4.98 Å². The molecular formula is C14H18N4O3. The predicted molar refractivity (Wildman–Crippen MR) is 76.8 cm³/mol. The van der Waals surface area contributed by atoms with Crippen molar-refractivity contribution in [1.29, 1.82) is 0 Å². The lowest BCUT2D eigenvalue weighted by atomic mass is 10.0. The number of nitrogens with zero attached hydrogens (tertiary/aromatic N) is 3. The lowest BCUT2D eigenvalue weighted by Crippen LogP contribution is -2.43. The standard InChI is InChI=1S/C14H18N4O3/c19-14(10-3-4-10)17-8-5-11(6-9-17)16-13-12(18(20)21)2-1-7-15-13/h1-2,7,10-11H,3-6,8-9H2,(H,15,16). The van der Waals surface area contributed by atoms with Gasteiger partial charge in [-0.1, -0.05) is 0 Å². The number of carbonyl (C=O) groups is 1. The number of pyridine rings is 1. The van der Waals surface area contributed by atoms with E-state index < -0.39 is 4.92 Å². The van der Waals surface area contributed by atoms with Crippen LogP contribution < -0.4 is 5.32 Å². The van der Waals surface area contributed by atoms with E-state index in [4.69, 9.17) is 0 Å². The summed E-state index contributed by atoms with van der Waals surface area (Å²) in [6, 6.07) is 3.13. The number of hydrogen-bond donors (Lipinski definition) is 1. The molecule has 1 aliphatic carbocycles. The van der Waals surface area contributed by atoms with E-state index in [2.05, 4.69) is 10.3 Å². The summed E-state index contributed by atoms with van der Waals surface area (Å²) in [5.41, 5.74) is -0.00557. The molecule has 3 rings (SSSR count). The average Bonchev–Trinajstić information content (AvgIpc) is 3.32. The van der Waals surface area contributed by atoms with Gasteiger partial charge in [0.2, 0.25) is 11.7 Å². The van der Waals surface area contributed by atoms with Gasteiger partial charge in [-0.2, -0.15) is 0 Å². The van der Waals surface area contributed by atoms with Crippen molar-refractivity contribution < 1.29 is 9.72 Å². The van der Waals surface area contributed by atoms with E-state index in [1.165, 1.54) is 6.07 Å².